The van der Waals surface area contributed by atoms with E-state index in [-0.39, 0.29) is 22.9 Å². The number of hydrogen-bond acceptors (Lipinski definition) is 7. The molecule has 2 heterocycles. The molecule has 0 spiro atoms. The van der Waals surface area contributed by atoms with E-state index in [0.717, 1.165) is 11.3 Å². The second-order valence-corrected chi connectivity index (χ2v) is 8.61. The van der Waals surface area contributed by atoms with Crippen molar-refractivity contribution < 1.29 is 17.9 Å². The molecule has 0 aliphatic rings. The summed E-state index contributed by atoms with van der Waals surface area (Å²) >= 11 is 1.13. The summed E-state index contributed by atoms with van der Waals surface area (Å²) in [4.78, 5) is 17.3. The summed E-state index contributed by atoms with van der Waals surface area (Å²) in [5.74, 6) is 1.39. The quantitative estimate of drug-likeness (QED) is 0.638. The maximum atomic E-state index is 12.9. The molecule has 0 saturated heterocycles. The maximum Gasteiger partial charge on any atom is 0.261 e. The van der Waals surface area contributed by atoms with Crippen molar-refractivity contribution in [3.05, 3.63) is 45.8 Å². The van der Waals surface area contributed by atoms with Crippen LogP contribution in [0.4, 0.5) is 0 Å². The van der Waals surface area contributed by atoms with Crippen molar-refractivity contribution in [1.82, 2.24) is 14.3 Å². The van der Waals surface area contributed by atoms with E-state index in [1.54, 1.807) is 30.5 Å². The van der Waals surface area contributed by atoms with Crippen LogP contribution in [0.15, 0.2) is 38.6 Å². The molecule has 3 aromatic rings. The minimum atomic E-state index is -3.58. The van der Waals surface area contributed by atoms with Crippen LogP contribution in [0.2, 0.25) is 0 Å². The molecule has 0 radical (unpaired) electrons. The number of methoxy groups -OCH3 is 2. The van der Waals surface area contributed by atoms with Crippen LogP contribution in [0.25, 0.3) is 10.9 Å². The van der Waals surface area contributed by atoms with Crippen LogP contribution in [0.5, 0.6) is 11.5 Å². The number of ether oxygens (including phenoxy) is 2. The minimum absolute atomic E-state index is 0.0709. The number of hydrogen-bond donors (Lipinski definition) is 1. The van der Waals surface area contributed by atoms with Gasteiger partial charge in [-0.3, -0.25) is 9.36 Å². The zero-order chi connectivity index (χ0) is 19.6. The fraction of sp³-hybridized carbons (Fsp3) is 0.294. The zero-order valence-electron chi connectivity index (χ0n) is 15.1. The maximum absolute atomic E-state index is 12.9. The summed E-state index contributed by atoms with van der Waals surface area (Å²) in [7, 11) is -0.578. The van der Waals surface area contributed by atoms with E-state index in [1.807, 2.05) is 0 Å². The van der Waals surface area contributed by atoms with Gasteiger partial charge in [-0.1, -0.05) is 6.07 Å². The highest BCUT2D eigenvalue weighted by Crippen LogP contribution is 2.30. The monoisotopic (exact) mass is 409 g/mol. The van der Waals surface area contributed by atoms with Gasteiger partial charge in [0.1, 0.15) is 10.0 Å². The van der Waals surface area contributed by atoms with Gasteiger partial charge >= 0.3 is 0 Å². The molecule has 2 aromatic heterocycles. The lowest BCUT2D eigenvalue weighted by Crippen LogP contribution is -2.32. The van der Waals surface area contributed by atoms with Crippen molar-refractivity contribution in [3.8, 4) is 11.5 Å². The number of aromatic nitrogens is 2. The molecule has 8 nitrogen and oxygen atoms in total. The summed E-state index contributed by atoms with van der Waals surface area (Å²) in [5.41, 5.74) is 0.222. The van der Waals surface area contributed by atoms with Crippen molar-refractivity contribution in [3.63, 3.8) is 0 Å². The molecular formula is C17H19N3O5S2. The molecule has 3 rings (SSSR count). The number of fused-ring (bicyclic) bond motifs is 1. The molecular weight excluding hydrogens is 390 g/mol. The highest BCUT2D eigenvalue weighted by molar-refractivity contribution is 7.91. The molecule has 0 aliphatic heterocycles. The Morgan fingerprint density at radius 3 is 2.56 bits per heavy atom. The van der Waals surface area contributed by atoms with Gasteiger partial charge in [-0.2, -0.15) is 0 Å². The molecule has 0 unspecified atom stereocenters. The summed E-state index contributed by atoms with van der Waals surface area (Å²) in [6.07, 6.45) is 0. The predicted octanol–water partition coefficient (Wildman–Crippen LogP) is 1.76. The Kier molecular flexibility index (Phi) is 5.49. The molecule has 144 valence electrons. The summed E-state index contributed by atoms with van der Waals surface area (Å²) in [6, 6.07) is 6.42. The third kappa shape index (κ3) is 3.82. The minimum Gasteiger partial charge on any atom is -0.493 e. The number of nitrogens with one attached hydrogen (secondary N) is 1. The summed E-state index contributed by atoms with van der Waals surface area (Å²) in [5, 5.41) is 2.07. The van der Waals surface area contributed by atoms with E-state index in [2.05, 4.69) is 9.71 Å². The van der Waals surface area contributed by atoms with Crippen LogP contribution >= 0.6 is 11.3 Å². The highest BCUT2D eigenvalue weighted by atomic mass is 32.2. The number of nitrogens with zero attached hydrogens (tertiary/aromatic N) is 2. The Bertz CT molecular complexity index is 1120. The lowest BCUT2D eigenvalue weighted by Gasteiger charge is -2.13. The van der Waals surface area contributed by atoms with E-state index in [9.17, 15) is 13.2 Å². The zero-order valence-corrected chi connectivity index (χ0v) is 16.7. The molecule has 0 aliphatic carbocycles. The smallest absolute Gasteiger partial charge is 0.261 e. The number of benzene rings is 1. The fourth-order valence-corrected chi connectivity index (χ4v) is 4.76. The topological polar surface area (TPSA) is 99.5 Å². The van der Waals surface area contributed by atoms with Gasteiger partial charge in [-0.05, 0) is 24.4 Å². The predicted molar refractivity (Wildman–Crippen MR) is 103 cm³/mol. The Morgan fingerprint density at radius 1 is 1.22 bits per heavy atom. The number of aryl methyl sites for hydroxylation is 1. The second kappa shape index (κ2) is 7.67. The van der Waals surface area contributed by atoms with Gasteiger partial charge in [0.2, 0.25) is 10.0 Å². The lowest BCUT2D eigenvalue weighted by molar-refractivity contribution is 0.355. The van der Waals surface area contributed by atoms with Crippen LogP contribution in [0.1, 0.15) is 5.82 Å². The lowest BCUT2D eigenvalue weighted by atomic mass is 10.2. The van der Waals surface area contributed by atoms with Crippen LogP contribution in [-0.4, -0.2) is 38.7 Å². The number of thiophene rings is 1. The van der Waals surface area contributed by atoms with Gasteiger partial charge in [-0.15, -0.1) is 11.3 Å². The third-order valence-electron chi connectivity index (χ3n) is 4.04. The normalized spacial score (nSPS) is 11.7. The van der Waals surface area contributed by atoms with Gasteiger partial charge in [0.15, 0.2) is 11.5 Å². The van der Waals surface area contributed by atoms with E-state index in [1.165, 1.54) is 24.9 Å². The van der Waals surface area contributed by atoms with Gasteiger partial charge in [0.25, 0.3) is 5.56 Å². The molecule has 1 aromatic carbocycles. The fourth-order valence-electron chi connectivity index (χ4n) is 2.70. The molecule has 10 heteroatoms. The van der Waals surface area contributed by atoms with Crippen LogP contribution in [0.3, 0.4) is 0 Å². The third-order valence-corrected chi connectivity index (χ3v) is 6.90. The first-order chi connectivity index (χ1) is 12.9. The average molecular weight is 409 g/mol. The van der Waals surface area contributed by atoms with Crippen LogP contribution < -0.4 is 19.8 Å². The molecule has 0 saturated carbocycles. The average Bonchev–Trinajstić information content (AvgIpc) is 3.19. The standard InChI is InChI=1S/C17H19N3O5S2/c1-11-19-13-10-15(25-3)14(24-2)9-12(13)17(21)20(11)7-6-18-27(22,23)16-5-4-8-26-16/h4-5,8-10,18H,6-7H2,1-3H3. The first-order valence-corrected chi connectivity index (χ1v) is 10.4. The second-order valence-electron chi connectivity index (χ2n) is 5.67. The molecule has 1 N–H and O–H groups in total. The Labute approximate surface area is 160 Å². The van der Waals surface area contributed by atoms with E-state index in [4.69, 9.17) is 9.47 Å². The largest absolute Gasteiger partial charge is 0.493 e. The van der Waals surface area contributed by atoms with Gasteiger partial charge in [0, 0.05) is 19.2 Å². The molecule has 27 heavy (non-hydrogen) atoms. The van der Waals surface area contributed by atoms with Gasteiger partial charge < -0.3 is 9.47 Å². The van der Waals surface area contributed by atoms with Crippen LogP contribution in [-0.2, 0) is 16.6 Å². The molecule has 0 fully saturated rings. The van der Waals surface area contributed by atoms with Crippen molar-refractivity contribution in [1.29, 1.82) is 0 Å². The van der Waals surface area contributed by atoms with E-state index in [0.29, 0.717) is 28.2 Å². The SMILES string of the molecule is COc1cc2nc(C)n(CCNS(=O)(=O)c3cccs3)c(=O)c2cc1OC. The first-order valence-electron chi connectivity index (χ1n) is 8.03. The molecule has 0 amide bonds. The first kappa shape index (κ1) is 19.3. The Balaban J connectivity index is 1.90. The van der Waals surface area contributed by atoms with Crippen molar-refractivity contribution in [2.24, 2.45) is 0 Å². The highest BCUT2D eigenvalue weighted by Gasteiger charge is 2.16. The van der Waals surface area contributed by atoms with Crippen molar-refractivity contribution in [2.45, 2.75) is 17.7 Å². The van der Waals surface area contributed by atoms with Gasteiger partial charge in [0.05, 0.1) is 25.1 Å². The summed E-state index contributed by atoms with van der Waals surface area (Å²) in [6.45, 7) is 1.93. The van der Waals surface area contributed by atoms with E-state index >= 15 is 0 Å². The van der Waals surface area contributed by atoms with Crippen molar-refractivity contribution >= 4 is 32.3 Å². The Morgan fingerprint density at radius 2 is 1.93 bits per heavy atom. The van der Waals surface area contributed by atoms with Crippen LogP contribution in [0, 0.1) is 6.92 Å². The summed E-state index contributed by atoms with van der Waals surface area (Å²) < 4.78 is 39.0. The number of rotatable bonds is 7. The molecule has 0 atom stereocenters. The van der Waals surface area contributed by atoms with E-state index < -0.39 is 10.0 Å². The van der Waals surface area contributed by atoms with Crippen molar-refractivity contribution in [2.75, 3.05) is 20.8 Å². The Hall–Kier alpha value is -2.43. The van der Waals surface area contributed by atoms with Gasteiger partial charge in [-0.25, -0.2) is 18.1 Å². The molecule has 0 bridgehead atoms. The number of sulfonamides is 1.